The van der Waals surface area contributed by atoms with Crippen molar-refractivity contribution >= 4 is 27.3 Å². The fourth-order valence-corrected chi connectivity index (χ4v) is 5.62. The second-order valence-corrected chi connectivity index (χ2v) is 10.7. The van der Waals surface area contributed by atoms with Crippen molar-refractivity contribution in [2.75, 3.05) is 16.2 Å². The summed E-state index contributed by atoms with van der Waals surface area (Å²) >= 11 is 0. The van der Waals surface area contributed by atoms with Crippen molar-refractivity contribution in [2.24, 2.45) is 0 Å². The highest BCUT2D eigenvalue weighted by Gasteiger charge is 2.31. The maximum absolute atomic E-state index is 13.2. The molecular weight excluding hydrogens is 456 g/mol. The summed E-state index contributed by atoms with van der Waals surface area (Å²) in [6.07, 6.45) is 3.22. The molecule has 1 aromatic heterocycles. The smallest absolute Gasteiger partial charge is 0.265 e. The summed E-state index contributed by atoms with van der Waals surface area (Å²) in [7, 11) is -3.88. The Hall–Kier alpha value is -3.40. The zero-order valence-corrected chi connectivity index (χ0v) is 20.1. The first-order chi connectivity index (χ1) is 16.2. The first kappa shape index (κ1) is 22.4. The van der Waals surface area contributed by atoms with Crippen molar-refractivity contribution in [1.82, 2.24) is 10.1 Å². The SMILES string of the molecule is Cc1cc(C)cc(NS(=O)(=O)c2cc3c(cc2C)N(Cc2noc(C4CCC4)n2)C(=O)CO3)c1. The second-order valence-electron chi connectivity index (χ2n) is 9.01. The molecule has 1 saturated carbocycles. The zero-order valence-electron chi connectivity index (χ0n) is 19.3. The van der Waals surface area contributed by atoms with Crippen LogP contribution in [0.15, 0.2) is 39.8 Å². The average molecular weight is 483 g/mol. The number of ether oxygens (including phenoxy) is 1. The summed E-state index contributed by atoms with van der Waals surface area (Å²) in [5.74, 6) is 1.37. The number of hydrogen-bond donors (Lipinski definition) is 1. The molecule has 0 unspecified atom stereocenters. The van der Waals surface area contributed by atoms with Gasteiger partial charge in [-0.3, -0.25) is 14.4 Å². The van der Waals surface area contributed by atoms with Gasteiger partial charge in [-0.1, -0.05) is 17.6 Å². The lowest BCUT2D eigenvalue weighted by Crippen LogP contribution is -2.38. The average Bonchev–Trinajstić information content (AvgIpc) is 3.15. The standard InChI is InChI=1S/C24H26N4O5S/c1-14-7-15(2)9-18(8-14)27-34(30,31)21-11-20-19(10-16(21)3)28(23(29)13-32-20)12-22-25-24(33-26-22)17-5-4-6-17/h7-11,17,27H,4-6,12-13H2,1-3H3. The largest absolute Gasteiger partial charge is 0.482 e. The van der Waals surface area contributed by atoms with Crippen LogP contribution >= 0.6 is 0 Å². The van der Waals surface area contributed by atoms with Gasteiger partial charge < -0.3 is 9.26 Å². The minimum absolute atomic E-state index is 0.0894. The molecule has 2 heterocycles. The molecule has 2 aliphatic rings. The third kappa shape index (κ3) is 4.25. The highest BCUT2D eigenvalue weighted by atomic mass is 32.2. The van der Waals surface area contributed by atoms with E-state index in [2.05, 4.69) is 14.9 Å². The Morgan fingerprint density at radius 1 is 1.09 bits per heavy atom. The van der Waals surface area contributed by atoms with Gasteiger partial charge in [-0.2, -0.15) is 4.98 Å². The van der Waals surface area contributed by atoms with Gasteiger partial charge in [-0.05, 0) is 68.5 Å². The van der Waals surface area contributed by atoms with Gasteiger partial charge >= 0.3 is 0 Å². The molecule has 1 aliphatic heterocycles. The number of aromatic nitrogens is 2. The summed E-state index contributed by atoms with van der Waals surface area (Å²) in [5, 5.41) is 4.03. The van der Waals surface area contributed by atoms with Gasteiger partial charge in [0.05, 0.1) is 17.1 Å². The van der Waals surface area contributed by atoms with Crippen LogP contribution in [0, 0.1) is 20.8 Å². The molecule has 0 spiro atoms. The number of benzene rings is 2. The molecule has 1 aliphatic carbocycles. The number of anilines is 2. The fraction of sp³-hybridized carbons (Fsp3) is 0.375. The molecule has 2 aromatic carbocycles. The van der Waals surface area contributed by atoms with Crippen LogP contribution in [0.5, 0.6) is 5.75 Å². The molecule has 0 saturated heterocycles. The Morgan fingerprint density at radius 3 is 2.50 bits per heavy atom. The zero-order chi connectivity index (χ0) is 24.0. The summed E-state index contributed by atoms with van der Waals surface area (Å²) in [4.78, 5) is 18.7. The molecule has 34 heavy (non-hydrogen) atoms. The molecule has 10 heteroatoms. The summed E-state index contributed by atoms with van der Waals surface area (Å²) in [5.41, 5.74) is 3.38. The highest BCUT2D eigenvalue weighted by molar-refractivity contribution is 7.92. The van der Waals surface area contributed by atoms with E-state index in [1.165, 1.54) is 11.0 Å². The maximum atomic E-state index is 13.2. The Morgan fingerprint density at radius 2 is 1.82 bits per heavy atom. The topological polar surface area (TPSA) is 115 Å². The van der Waals surface area contributed by atoms with E-state index in [1.54, 1.807) is 25.1 Å². The fourth-order valence-electron chi connectivity index (χ4n) is 4.33. The minimum Gasteiger partial charge on any atom is -0.482 e. The first-order valence-electron chi connectivity index (χ1n) is 11.2. The third-order valence-electron chi connectivity index (χ3n) is 6.20. The van der Waals surface area contributed by atoms with Crippen LogP contribution in [-0.2, 0) is 21.4 Å². The molecule has 9 nitrogen and oxygen atoms in total. The van der Waals surface area contributed by atoms with Gasteiger partial charge in [0.15, 0.2) is 12.4 Å². The van der Waals surface area contributed by atoms with Gasteiger partial charge in [0.2, 0.25) is 5.89 Å². The van der Waals surface area contributed by atoms with E-state index in [-0.39, 0.29) is 24.0 Å². The summed E-state index contributed by atoms with van der Waals surface area (Å²) in [6.45, 7) is 5.43. The molecule has 3 aromatic rings. The molecule has 0 radical (unpaired) electrons. The molecular formula is C24H26N4O5S. The van der Waals surface area contributed by atoms with Gasteiger partial charge in [0.1, 0.15) is 5.75 Å². The first-order valence-corrected chi connectivity index (χ1v) is 12.7. The maximum Gasteiger partial charge on any atom is 0.265 e. The predicted molar refractivity (Wildman–Crippen MR) is 125 cm³/mol. The monoisotopic (exact) mass is 482 g/mol. The van der Waals surface area contributed by atoms with Crippen LogP contribution in [0.1, 0.15) is 53.6 Å². The normalized spacial score (nSPS) is 16.1. The Bertz CT molecular complexity index is 1360. The lowest BCUT2D eigenvalue weighted by Gasteiger charge is -2.29. The quantitative estimate of drug-likeness (QED) is 0.565. The van der Waals surface area contributed by atoms with Crippen molar-refractivity contribution in [1.29, 1.82) is 0 Å². The number of sulfonamides is 1. The van der Waals surface area contributed by atoms with Crippen molar-refractivity contribution in [3.8, 4) is 5.75 Å². The van der Waals surface area contributed by atoms with E-state index in [0.29, 0.717) is 40.3 Å². The van der Waals surface area contributed by atoms with Crippen molar-refractivity contribution in [2.45, 2.75) is 57.4 Å². The Labute approximate surface area is 198 Å². The summed E-state index contributed by atoms with van der Waals surface area (Å²) in [6, 6.07) is 8.64. The highest BCUT2D eigenvalue weighted by Crippen LogP contribution is 2.38. The number of fused-ring (bicyclic) bond motifs is 1. The van der Waals surface area contributed by atoms with E-state index in [1.807, 2.05) is 19.9 Å². The van der Waals surface area contributed by atoms with E-state index >= 15 is 0 Å². The molecule has 1 amide bonds. The van der Waals surface area contributed by atoms with Crippen LogP contribution in [0.25, 0.3) is 0 Å². The molecule has 0 atom stereocenters. The summed E-state index contributed by atoms with van der Waals surface area (Å²) < 4.78 is 40.0. The van der Waals surface area contributed by atoms with Crippen molar-refractivity contribution in [3.63, 3.8) is 0 Å². The molecule has 178 valence electrons. The number of amides is 1. The molecule has 5 rings (SSSR count). The molecule has 1 N–H and O–H groups in total. The van der Waals surface area contributed by atoms with Crippen molar-refractivity contribution in [3.05, 3.63) is 58.7 Å². The minimum atomic E-state index is -3.88. The van der Waals surface area contributed by atoms with Crippen LogP contribution in [0.2, 0.25) is 0 Å². The van der Waals surface area contributed by atoms with E-state index in [9.17, 15) is 13.2 Å². The van der Waals surface area contributed by atoms with Crippen LogP contribution < -0.4 is 14.4 Å². The van der Waals surface area contributed by atoms with E-state index < -0.39 is 10.0 Å². The number of nitrogens with zero attached hydrogens (tertiary/aromatic N) is 3. The molecule has 1 fully saturated rings. The number of hydrogen-bond acceptors (Lipinski definition) is 7. The Balaban J connectivity index is 1.43. The lowest BCUT2D eigenvalue weighted by molar-refractivity contribution is -0.121. The molecule has 0 bridgehead atoms. The van der Waals surface area contributed by atoms with Crippen LogP contribution in [0.4, 0.5) is 11.4 Å². The van der Waals surface area contributed by atoms with E-state index in [0.717, 1.165) is 30.4 Å². The second kappa shape index (κ2) is 8.43. The van der Waals surface area contributed by atoms with Crippen LogP contribution in [0.3, 0.4) is 0 Å². The number of aryl methyl sites for hydroxylation is 3. The van der Waals surface area contributed by atoms with Crippen molar-refractivity contribution < 1.29 is 22.5 Å². The third-order valence-corrected chi connectivity index (χ3v) is 7.72. The van der Waals surface area contributed by atoms with Gasteiger partial charge in [0, 0.05) is 17.7 Å². The number of carbonyl (C=O) groups excluding carboxylic acids is 1. The predicted octanol–water partition coefficient (Wildman–Crippen LogP) is 3.99. The van der Waals surface area contributed by atoms with Crippen LogP contribution in [-0.4, -0.2) is 31.1 Å². The number of rotatable bonds is 6. The number of carbonyl (C=O) groups is 1. The number of nitrogens with one attached hydrogen (secondary N) is 1. The lowest BCUT2D eigenvalue weighted by atomic mass is 9.85. The van der Waals surface area contributed by atoms with Gasteiger partial charge in [0.25, 0.3) is 15.9 Å². The van der Waals surface area contributed by atoms with E-state index in [4.69, 9.17) is 9.26 Å². The van der Waals surface area contributed by atoms with Gasteiger partial charge in [-0.15, -0.1) is 0 Å². The van der Waals surface area contributed by atoms with Gasteiger partial charge in [-0.25, -0.2) is 8.42 Å². The Kier molecular flexibility index (Phi) is 5.55.